The van der Waals surface area contributed by atoms with Gasteiger partial charge in [0.25, 0.3) is 0 Å². The second kappa shape index (κ2) is 14.0. The predicted octanol–water partition coefficient (Wildman–Crippen LogP) is 1.55. The second-order valence-electron chi connectivity index (χ2n) is 10.7. The van der Waals surface area contributed by atoms with E-state index >= 15 is 8.78 Å². The van der Waals surface area contributed by atoms with Gasteiger partial charge in [-0.3, -0.25) is 28.9 Å². The molecule has 2 unspecified atom stereocenters. The molecule has 0 amide bonds. The van der Waals surface area contributed by atoms with E-state index in [0.29, 0.717) is 24.0 Å². The van der Waals surface area contributed by atoms with Crippen molar-refractivity contribution in [1.82, 2.24) is 19.8 Å². The zero-order valence-electron chi connectivity index (χ0n) is 24.5. The molecule has 1 aromatic carbocycles. The fourth-order valence-corrected chi connectivity index (χ4v) is 5.62. The summed E-state index contributed by atoms with van der Waals surface area (Å²) in [4.78, 5) is 56.7. The number of carbonyl (C=O) groups excluding carboxylic acids is 2. The van der Waals surface area contributed by atoms with Gasteiger partial charge in [0.05, 0.1) is 6.10 Å². The molecule has 2 aliphatic rings. The Hall–Kier alpha value is -3.56. The summed E-state index contributed by atoms with van der Waals surface area (Å²) in [6.45, 7) is 5.18. The summed E-state index contributed by atoms with van der Waals surface area (Å²) < 4.78 is 58.8. The van der Waals surface area contributed by atoms with Crippen molar-refractivity contribution < 1.29 is 42.0 Å². The van der Waals surface area contributed by atoms with Gasteiger partial charge in [0.2, 0.25) is 6.23 Å². The largest absolute Gasteiger partial charge is 0.575 e. The number of nitrogens with two attached hydrogens (primary N) is 1. The van der Waals surface area contributed by atoms with Gasteiger partial charge in [0.1, 0.15) is 24.0 Å². The van der Waals surface area contributed by atoms with E-state index in [9.17, 15) is 19.3 Å². The lowest BCUT2D eigenvalue weighted by Gasteiger charge is -2.29. The quantitative estimate of drug-likeness (QED) is 0.267. The molecule has 3 N–H and O–H groups in total. The Morgan fingerprint density at radius 3 is 2.57 bits per heavy atom. The number of likely N-dealkylation sites (tertiary alicyclic amines) is 1. The molecule has 0 aliphatic carbocycles. The summed E-state index contributed by atoms with van der Waals surface area (Å²) in [5.74, 6) is -5.78. The zero-order valence-corrected chi connectivity index (χ0v) is 25.4. The van der Waals surface area contributed by atoms with Gasteiger partial charge in [-0.1, -0.05) is 22.9 Å². The van der Waals surface area contributed by atoms with Crippen LogP contribution in [0, 0.1) is 0 Å². The molecule has 0 saturated carbocycles. The van der Waals surface area contributed by atoms with E-state index < -0.39 is 74.5 Å². The number of hydrogen-bond donors (Lipinski definition) is 2. The molecule has 44 heavy (non-hydrogen) atoms. The standard InChI is InChI=1S/C27H35F2N6O8P/c1-15(2)40-23(36)16(3)31-22(33-44(39)43-17-9-6-5-7-10-17)20-21(42-24(37)18-11-8-13-34(18)4)27(28,29)25(41-20)35-14-12-19(30)32-26(35)38/h5-7,9-10,12,14-16,18,20-22,25,31H,8,11,13H2,1-4H3,(H2,30,32,38)/t16-,18-,20-,21-,22?,25+/m0/s1. The van der Waals surface area contributed by atoms with E-state index in [1.165, 1.54) is 19.1 Å². The number of carbonyl (C=O) groups is 2. The number of benzene rings is 1. The van der Waals surface area contributed by atoms with Crippen LogP contribution >= 0.6 is 8.17 Å². The third kappa shape index (κ3) is 7.74. The summed E-state index contributed by atoms with van der Waals surface area (Å²) in [6.07, 6.45) is -6.75. The number of para-hydroxylation sites is 1. The minimum absolute atomic E-state index is 0.172. The number of nitrogens with zero attached hydrogens (tertiary/aromatic N) is 4. The van der Waals surface area contributed by atoms with Gasteiger partial charge in [-0.2, -0.15) is 13.8 Å². The van der Waals surface area contributed by atoms with E-state index in [1.807, 2.05) is 0 Å². The summed E-state index contributed by atoms with van der Waals surface area (Å²) in [6, 6.07) is 7.10. The molecule has 3 heterocycles. The summed E-state index contributed by atoms with van der Waals surface area (Å²) in [5.41, 5.74) is 4.39. The third-order valence-corrected chi connectivity index (χ3v) is 7.82. The van der Waals surface area contributed by atoms with Crippen molar-refractivity contribution in [3.8, 4) is 5.75 Å². The Morgan fingerprint density at radius 1 is 1.25 bits per heavy atom. The van der Waals surface area contributed by atoms with Crippen LogP contribution in [-0.4, -0.2) is 82.5 Å². The number of rotatable bonds is 11. The molecule has 0 spiro atoms. The van der Waals surface area contributed by atoms with Crippen molar-refractivity contribution in [3.63, 3.8) is 0 Å². The highest BCUT2D eigenvalue weighted by atomic mass is 31.1. The van der Waals surface area contributed by atoms with Gasteiger partial charge in [-0.15, -0.1) is 0 Å². The van der Waals surface area contributed by atoms with Crippen LogP contribution < -0.4 is 26.2 Å². The topological polar surface area (TPSA) is 183 Å². The van der Waals surface area contributed by atoms with Crippen molar-refractivity contribution >= 4 is 25.9 Å². The Morgan fingerprint density at radius 2 is 1.95 bits per heavy atom. The normalized spacial score (nSPS) is 25.0. The molecule has 17 heteroatoms. The number of ether oxygens (including phenoxy) is 3. The number of alkyl halides is 2. The molecule has 4 rings (SSSR count). The monoisotopic (exact) mass is 640 g/mol. The van der Waals surface area contributed by atoms with Crippen LogP contribution in [0.25, 0.3) is 0 Å². The summed E-state index contributed by atoms with van der Waals surface area (Å²) in [5, 5.41) is 2.71. The number of nitrogens with one attached hydrogen (secondary N) is 1. The molecule has 240 valence electrons. The molecule has 0 radical (unpaired) electrons. The van der Waals surface area contributed by atoms with Crippen molar-refractivity contribution in [2.75, 3.05) is 19.3 Å². The van der Waals surface area contributed by atoms with E-state index in [1.54, 1.807) is 44.0 Å². The van der Waals surface area contributed by atoms with Gasteiger partial charge < -0.3 is 24.8 Å². The minimum Gasteiger partial charge on any atom is -0.575 e. The molecule has 2 aliphatic heterocycles. The molecular weight excluding hydrogens is 605 g/mol. The average molecular weight is 641 g/mol. The van der Waals surface area contributed by atoms with Crippen LogP contribution in [0.2, 0.25) is 0 Å². The fourth-order valence-electron chi connectivity index (χ4n) is 4.87. The van der Waals surface area contributed by atoms with Gasteiger partial charge in [0.15, 0.2) is 18.0 Å². The van der Waals surface area contributed by atoms with E-state index in [4.69, 9.17) is 24.5 Å². The summed E-state index contributed by atoms with van der Waals surface area (Å²) in [7, 11) is -1.29. The van der Waals surface area contributed by atoms with Gasteiger partial charge in [-0.25, -0.2) is 4.79 Å². The van der Waals surface area contributed by atoms with Crippen LogP contribution in [-0.2, 0) is 23.8 Å². The molecule has 1 aromatic heterocycles. The molecule has 7 atom stereocenters. The number of hydrogen-bond acceptors (Lipinski definition) is 13. The number of nitrogen functional groups attached to an aromatic ring is 1. The van der Waals surface area contributed by atoms with E-state index in [2.05, 4.69) is 15.0 Å². The molecule has 2 aromatic rings. The fraction of sp³-hybridized carbons (Fsp3) is 0.556. The lowest BCUT2D eigenvalue weighted by Crippen LogP contribution is -2.54. The Balaban J connectivity index is 1.75. The number of anilines is 1. The molecule has 2 fully saturated rings. The highest BCUT2D eigenvalue weighted by molar-refractivity contribution is 7.34. The smallest absolute Gasteiger partial charge is 0.396 e. The van der Waals surface area contributed by atoms with Gasteiger partial charge in [0, 0.05) is 6.20 Å². The first-order valence-electron chi connectivity index (χ1n) is 13.9. The highest BCUT2D eigenvalue weighted by Crippen LogP contribution is 2.46. The number of esters is 2. The van der Waals surface area contributed by atoms with Gasteiger partial charge >= 0.3 is 31.7 Å². The van der Waals surface area contributed by atoms with Crippen LogP contribution in [0.15, 0.2) is 52.1 Å². The predicted molar refractivity (Wildman–Crippen MR) is 151 cm³/mol. The average Bonchev–Trinajstić information content (AvgIpc) is 3.48. The van der Waals surface area contributed by atoms with Crippen molar-refractivity contribution in [2.24, 2.45) is 4.74 Å². The number of likely N-dealkylation sites (N-methyl/N-ethyl adjacent to an activating group) is 1. The van der Waals surface area contributed by atoms with Crippen LogP contribution in [0.4, 0.5) is 14.6 Å². The highest BCUT2D eigenvalue weighted by Gasteiger charge is 2.65. The zero-order chi connectivity index (χ0) is 32.2. The molecule has 2 saturated heterocycles. The van der Waals surface area contributed by atoms with Crippen LogP contribution in [0.1, 0.15) is 39.8 Å². The summed E-state index contributed by atoms with van der Waals surface area (Å²) >= 11 is 0. The number of halogens is 2. The van der Waals surface area contributed by atoms with Crippen LogP contribution in [0.3, 0.4) is 0 Å². The lowest BCUT2D eigenvalue weighted by molar-refractivity contribution is -0.180. The minimum atomic E-state index is -4.04. The third-order valence-electron chi connectivity index (χ3n) is 7.02. The van der Waals surface area contributed by atoms with Crippen molar-refractivity contribution in [1.29, 1.82) is 0 Å². The second-order valence-corrected chi connectivity index (χ2v) is 11.6. The van der Waals surface area contributed by atoms with Crippen LogP contribution in [0.5, 0.6) is 5.75 Å². The maximum atomic E-state index is 16.2. The van der Waals surface area contributed by atoms with Crippen molar-refractivity contribution in [3.05, 3.63) is 53.1 Å². The maximum absolute atomic E-state index is 16.2. The number of aromatic nitrogens is 2. The van der Waals surface area contributed by atoms with Gasteiger partial charge in [-0.05, 0) is 65.4 Å². The first-order valence-corrected chi connectivity index (χ1v) is 15.1. The Kier molecular flexibility index (Phi) is 10.6. The first kappa shape index (κ1) is 33.3. The first-order chi connectivity index (χ1) is 20.8. The van der Waals surface area contributed by atoms with E-state index in [-0.39, 0.29) is 11.6 Å². The maximum Gasteiger partial charge on any atom is 0.396 e. The van der Waals surface area contributed by atoms with E-state index in [0.717, 1.165) is 12.3 Å². The Bertz CT molecular complexity index is 1410. The Labute approximate surface area is 253 Å². The lowest BCUT2D eigenvalue weighted by atomic mass is 10.1. The molecule has 0 bridgehead atoms. The molecule has 14 nitrogen and oxygen atoms in total. The molecular formula is C27H35F2N6O8P. The SMILES string of the molecule is CC(C)OC(=O)[C@H](C)NC(N=[P+]([O-])Oc1ccccc1)[C@H]1O[C@@H](n2ccc(N)nc2=O)C(F)(F)[C@H]1OC(=O)[C@@H]1CCCN1C. The van der Waals surface area contributed by atoms with Crippen molar-refractivity contribution in [2.45, 2.75) is 82.3 Å².